The molecule has 0 aromatic carbocycles. The Morgan fingerprint density at radius 2 is 2.29 bits per heavy atom. The van der Waals surface area contributed by atoms with E-state index in [1.807, 2.05) is 20.2 Å². The number of imidazole rings is 1. The van der Waals surface area contributed by atoms with Gasteiger partial charge in [0.15, 0.2) is 0 Å². The number of rotatable bonds is 1. The molecule has 4 heteroatoms. The highest BCUT2D eigenvalue weighted by molar-refractivity contribution is 5.37. The zero-order valence-electron chi connectivity index (χ0n) is 9.07. The van der Waals surface area contributed by atoms with Crippen LogP contribution in [0.1, 0.15) is 19.0 Å². The molecule has 1 aliphatic heterocycles. The second kappa shape index (κ2) is 3.28. The second-order valence-electron chi connectivity index (χ2n) is 4.18. The highest BCUT2D eigenvalue weighted by Gasteiger charge is 2.30. The number of nitrogens with two attached hydrogens (primary N) is 1. The molecule has 1 fully saturated rings. The molecule has 0 saturated carbocycles. The Kier molecular flexibility index (Phi) is 2.23. The van der Waals surface area contributed by atoms with Gasteiger partial charge in [0.2, 0.25) is 5.95 Å². The summed E-state index contributed by atoms with van der Waals surface area (Å²) >= 11 is 0. The maximum absolute atomic E-state index is 5.98. The molecule has 4 nitrogen and oxygen atoms in total. The van der Waals surface area contributed by atoms with E-state index in [4.69, 9.17) is 5.73 Å². The lowest BCUT2D eigenvalue weighted by Gasteiger charge is -2.23. The van der Waals surface area contributed by atoms with Crippen LogP contribution in [0.3, 0.4) is 0 Å². The summed E-state index contributed by atoms with van der Waals surface area (Å²) in [5, 5.41) is 0. The van der Waals surface area contributed by atoms with E-state index in [1.165, 1.54) is 0 Å². The first kappa shape index (κ1) is 9.52. The van der Waals surface area contributed by atoms with Crippen molar-refractivity contribution in [3.05, 3.63) is 11.9 Å². The molecule has 0 spiro atoms. The third-order valence-electron chi connectivity index (χ3n) is 3.04. The van der Waals surface area contributed by atoms with Gasteiger partial charge in [0.1, 0.15) is 0 Å². The van der Waals surface area contributed by atoms with Gasteiger partial charge in [0.05, 0.1) is 5.69 Å². The first-order chi connectivity index (χ1) is 6.59. The molecule has 2 heterocycles. The van der Waals surface area contributed by atoms with Crippen LogP contribution in [0.25, 0.3) is 0 Å². The van der Waals surface area contributed by atoms with Crippen molar-refractivity contribution in [1.82, 2.24) is 9.55 Å². The van der Waals surface area contributed by atoms with Crippen molar-refractivity contribution in [2.75, 3.05) is 11.4 Å². The molecule has 1 aliphatic rings. The molecule has 2 unspecified atom stereocenters. The van der Waals surface area contributed by atoms with E-state index in [1.54, 1.807) is 0 Å². The summed E-state index contributed by atoms with van der Waals surface area (Å²) in [6, 6.07) is 0.683. The third kappa shape index (κ3) is 1.39. The minimum Gasteiger partial charge on any atom is -0.338 e. The third-order valence-corrected chi connectivity index (χ3v) is 3.04. The Morgan fingerprint density at radius 1 is 1.57 bits per heavy atom. The second-order valence-corrected chi connectivity index (χ2v) is 4.18. The largest absolute Gasteiger partial charge is 0.338 e. The lowest BCUT2D eigenvalue weighted by Crippen LogP contribution is -2.37. The zero-order valence-corrected chi connectivity index (χ0v) is 9.07. The molecule has 2 N–H and O–H groups in total. The highest BCUT2D eigenvalue weighted by Crippen LogP contribution is 2.23. The number of aryl methyl sites for hydroxylation is 2. The molecule has 1 saturated heterocycles. The van der Waals surface area contributed by atoms with Crippen LogP contribution in [0.15, 0.2) is 6.20 Å². The van der Waals surface area contributed by atoms with Crippen LogP contribution in [0, 0.1) is 6.92 Å². The Hall–Kier alpha value is -1.03. The average Bonchev–Trinajstić information content (AvgIpc) is 2.59. The van der Waals surface area contributed by atoms with E-state index in [2.05, 4.69) is 21.4 Å². The molecule has 2 atom stereocenters. The molecular weight excluding hydrogens is 176 g/mol. The van der Waals surface area contributed by atoms with E-state index in [0.29, 0.717) is 6.04 Å². The van der Waals surface area contributed by atoms with Gasteiger partial charge in [-0.3, -0.25) is 0 Å². The van der Waals surface area contributed by atoms with E-state index in [-0.39, 0.29) is 6.04 Å². The summed E-state index contributed by atoms with van der Waals surface area (Å²) in [7, 11) is 2.03. The Morgan fingerprint density at radius 3 is 2.71 bits per heavy atom. The number of anilines is 1. The zero-order chi connectivity index (χ0) is 10.3. The molecule has 1 aromatic rings. The van der Waals surface area contributed by atoms with Crippen LogP contribution in [0.4, 0.5) is 5.95 Å². The molecule has 0 bridgehead atoms. The fraction of sp³-hybridized carbons (Fsp3) is 0.700. The van der Waals surface area contributed by atoms with Crippen LogP contribution in [0.2, 0.25) is 0 Å². The Labute approximate surface area is 84.7 Å². The fourth-order valence-electron chi connectivity index (χ4n) is 2.12. The van der Waals surface area contributed by atoms with Gasteiger partial charge in [-0.2, -0.15) is 0 Å². The molecule has 2 rings (SSSR count). The van der Waals surface area contributed by atoms with Crippen molar-refractivity contribution in [1.29, 1.82) is 0 Å². The van der Waals surface area contributed by atoms with E-state index in [0.717, 1.165) is 24.6 Å². The normalized spacial score (nSPS) is 27.3. The fourth-order valence-corrected chi connectivity index (χ4v) is 2.12. The van der Waals surface area contributed by atoms with Crippen molar-refractivity contribution in [2.45, 2.75) is 32.4 Å². The predicted octanol–water partition coefficient (Wildman–Crippen LogP) is 0.654. The first-order valence-electron chi connectivity index (χ1n) is 5.12. The maximum atomic E-state index is 5.98. The summed E-state index contributed by atoms with van der Waals surface area (Å²) in [5.74, 6) is 1.04. The smallest absolute Gasteiger partial charge is 0.205 e. The van der Waals surface area contributed by atoms with Crippen molar-refractivity contribution >= 4 is 5.95 Å². The molecule has 0 radical (unpaired) electrons. The number of hydrogen-bond donors (Lipinski definition) is 1. The molecule has 14 heavy (non-hydrogen) atoms. The Bertz CT molecular complexity index is 331. The van der Waals surface area contributed by atoms with Crippen molar-refractivity contribution < 1.29 is 0 Å². The van der Waals surface area contributed by atoms with E-state index < -0.39 is 0 Å². The standard InChI is InChI=1S/C10H18N4/c1-7-6-13(3)10(12-7)14-5-4-9(11)8(14)2/h6,8-9H,4-5,11H2,1-3H3. The van der Waals surface area contributed by atoms with Gasteiger partial charge in [-0.25, -0.2) is 4.98 Å². The molecule has 0 aliphatic carbocycles. The summed E-state index contributed by atoms with van der Waals surface area (Å²) in [6.45, 7) is 5.21. The van der Waals surface area contributed by atoms with Gasteiger partial charge in [-0.05, 0) is 20.3 Å². The van der Waals surface area contributed by atoms with Gasteiger partial charge >= 0.3 is 0 Å². The quantitative estimate of drug-likeness (QED) is 0.714. The Balaban J connectivity index is 2.27. The van der Waals surface area contributed by atoms with Crippen LogP contribution in [-0.2, 0) is 7.05 Å². The van der Waals surface area contributed by atoms with Crippen LogP contribution in [-0.4, -0.2) is 28.2 Å². The number of aromatic nitrogens is 2. The van der Waals surface area contributed by atoms with Gasteiger partial charge in [0, 0.05) is 31.9 Å². The van der Waals surface area contributed by atoms with Gasteiger partial charge in [0.25, 0.3) is 0 Å². The van der Waals surface area contributed by atoms with Crippen molar-refractivity contribution in [3.63, 3.8) is 0 Å². The first-order valence-corrected chi connectivity index (χ1v) is 5.12. The van der Waals surface area contributed by atoms with Crippen molar-refractivity contribution in [3.8, 4) is 0 Å². The predicted molar refractivity (Wildman–Crippen MR) is 57.3 cm³/mol. The van der Waals surface area contributed by atoms with Crippen LogP contribution in [0.5, 0.6) is 0 Å². The monoisotopic (exact) mass is 194 g/mol. The minimum atomic E-state index is 0.284. The summed E-state index contributed by atoms with van der Waals surface area (Å²) in [4.78, 5) is 6.80. The molecule has 78 valence electrons. The lowest BCUT2D eigenvalue weighted by atomic mass is 10.2. The minimum absolute atomic E-state index is 0.284. The summed E-state index contributed by atoms with van der Waals surface area (Å²) in [6.07, 6.45) is 3.11. The molecular formula is C10H18N4. The topological polar surface area (TPSA) is 47.1 Å². The number of nitrogens with zero attached hydrogens (tertiary/aromatic N) is 3. The van der Waals surface area contributed by atoms with Crippen molar-refractivity contribution in [2.24, 2.45) is 12.8 Å². The summed E-state index contributed by atoms with van der Waals surface area (Å²) in [5.41, 5.74) is 7.05. The molecule has 1 aromatic heterocycles. The highest BCUT2D eigenvalue weighted by atomic mass is 15.3. The van der Waals surface area contributed by atoms with E-state index in [9.17, 15) is 0 Å². The van der Waals surface area contributed by atoms with E-state index >= 15 is 0 Å². The SMILES string of the molecule is Cc1cn(C)c(N2CCC(N)C2C)n1. The average molecular weight is 194 g/mol. The molecule has 0 amide bonds. The van der Waals surface area contributed by atoms with Gasteiger partial charge < -0.3 is 15.2 Å². The van der Waals surface area contributed by atoms with Crippen LogP contribution < -0.4 is 10.6 Å². The summed E-state index contributed by atoms with van der Waals surface area (Å²) < 4.78 is 2.07. The number of hydrogen-bond acceptors (Lipinski definition) is 3. The maximum Gasteiger partial charge on any atom is 0.205 e. The lowest BCUT2D eigenvalue weighted by molar-refractivity contribution is 0.613. The van der Waals surface area contributed by atoms with Gasteiger partial charge in [-0.15, -0.1) is 0 Å². The van der Waals surface area contributed by atoms with Gasteiger partial charge in [-0.1, -0.05) is 0 Å². The van der Waals surface area contributed by atoms with Crippen LogP contribution >= 0.6 is 0 Å².